The minimum absolute atomic E-state index is 0.135. The monoisotopic (exact) mass is 454 g/mol. The standard InChI is InChI=1S/C26H19BrN2O/c1-18-24(15-21(16-28)26(30)20-7-3-2-4-8-20)23-9-5-6-10-25(23)29(18)17-19-11-13-22(27)14-12-19/h2-15H,17H2,1H3/b21-15+. The second kappa shape index (κ2) is 8.52. The van der Waals surface area contributed by atoms with Crippen LogP contribution in [0.5, 0.6) is 0 Å². The molecule has 4 heteroatoms. The number of fused-ring (bicyclic) bond motifs is 1. The first-order valence-corrected chi connectivity index (χ1v) is 10.4. The number of benzene rings is 3. The van der Waals surface area contributed by atoms with Gasteiger partial charge in [0.25, 0.3) is 0 Å². The summed E-state index contributed by atoms with van der Waals surface area (Å²) in [7, 11) is 0. The van der Waals surface area contributed by atoms with Crippen LogP contribution in [0, 0.1) is 18.3 Å². The number of allylic oxidation sites excluding steroid dienone is 1. The van der Waals surface area contributed by atoms with Gasteiger partial charge in [0, 0.05) is 38.7 Å². The van der Waals surface area contributed by atoms with Gasteiger partial charge in [-0.25, -0.2) is 0 Å². The molecule has 3 aromatic carbocycles. The van der Waals surface area contributed by atoms with Crippen LogP contribution >= 0.6 is 15.9 Å². The highest BCUT2D eigenvalue weighted by Gasteiger charge is 2.17. The number of nitriles is 1. The van der Waals surface area contributed by atoms with Gasteiger partial charge in [-0.3, -0.25) is 4.79 Å². The molecule has 0 atom stereocenters. The van der Waals surface area contributed by atoms with Crippen molar-refractivity contribution in [2.24, 2.45) is 0 Å². The smallest absolute Gasteiger partial charge is 0.203 e. The van der Waals surface area contributed by atoms with E-state index in [1.807, 2.05) is 43.3 Å². The molecule has 0 N–H and O–H groups in total. The van der Waals surface area contributed by atoms with Gasteiger partial charge in [0.1, 0.15) is 11.6 Å². The molecule has 0 aliphatic carbocycles. The van der Waals surface area contributed by atoms with E-state index in [4.69, 9.17) is 0 Å². The summed E-state index contributed by atoms with van der Waals surface area (Å²) < 4.78 is 3.27. The number of rotatable bonds is 5. The van der Waals surface area contributed by atoms with Crippen molar-refractivity contribution in [1.29, 1.82) is 5.26 Å². The molecular formula is C26H19BrN2O. The summed E-state index contributed by atoms with van der Waals surface area (Å²) in [6.07, 6.45) is 1.73. The maximum atomic E-state index is 12.9. The van der Waals surface area contributed by atoms with Gasteiger partial charge in [-0.2, -0.15) is 5.26 Å². The lowest BCUT2D eigenvalue weighted by Crippen LogP contribution is -2.03. The Hall–Kier alpha value is -3.42. The van der Waals surface area contributed by atoms with Gasteiger partial charge in [-0.1, -0.05) is 76.6 Å². The Kier molecular flexibility index (Phi) is 5.65. The number of hydrogen-bond acceptors (Lipinski definition) is 2. The van der Waals surface area contributed by atoms with Crippen LogP contribution in [0.25, 0.3) is 17.0 Å². The van der Waals surface area contributed by atoms with Crippen molar-refractivity contribution < 1.29 is 4.79 Å². The summed E-state index contributed by atoms with van der Waals surface area (Å²) in [4.78, 5) is 12.9. The Bertz CT molecular complexity index is 1290. The molecule has 0 fully saturated rings. The third-order valence-electron chi connectivity index (χ3n) is 5.22. The van der Waals surface area contributed by atoms with Crippen molar-refractivity contribution in [2.75, 3.05) is 0 Å². The first kappa shape index (κ1) is 19.9. The van der Waals surface area contributed by atoms with E-state index < -0.39 is 0 Å². The number of para-hydroxylation sites is 1. The quantitative estimate of drug-likeness (QED) is 0.195. The van der Waals surface area contributed by atoms with Gasteiger partial charge in [0.2, 0.25) is 5.78 Å². The molecule has 4 aromatic rings. The number of aromatic nitrogens is 1. The van der Waals surface area contributed by atoms with Gasteiger partial charge in [-0.15, -0.1) is 0 Å². The van der Waals surface area contributed by atoms with Crippen molar-refractivity contribution in [3.63, 3.8) is 0 Å². The number of halogens is 1. The summed E-state index contributed by atoms with van der Waals surface area (Å²) in [6.45, 7) is 2.74. The van der Waals surface area contributed by atoms with Gasteiger partial charge >= 0.3 is 0 Å². The lowest BCUT2D eigenvalue weighted by atomic mass is 10.0. The molecule has 0 amide bonds. The van der Waals surface area contributed by atoms with E-state index in [1.165, 1.54) is 5.56 Å². The molecule has 0 saturated heterocycles. The van der Waals surface area contributed by atoms with E-state index in [-0.39, 0.29) is 11.4 Å². The topological polar surface area (TPSA) is 45.8 Å². The number of hydrogen-bond donors (Lipinski definition) is 0. The van der Waals surface area contributed by atoms with Crippen LogP contribution in [0.15, 0.2) is 88.9 Å². The van der Waals surface area contributed by atoms with Crippen LogP contribution in [-0.4, -0.2) is 10.4 Å². The van der Waals surface area contributed by atoms with E-state index in [2.05, 4.69) is 44.8 Å². The summed E-state index contributed by atoms with van der Waals surface area (Å²) in [5, 5.41) is 10.7. The molecule has 0 saturated carbocycles. The first-order chi connectivity index (χ1) is 14.6. The zero-order chi connectivity index (χ0) is 21.1. The Morgan fingerprint density at radius 3 is 2.37 bits per heavy atom. The second-order valence-corrected chi connectivity index (χ2v) is 8.01. The normalized spacial score (nSPS) is 11.4. The zero-order valence-corrected chi connectivity index (χ0v) is 18.1. The fourth-order valence-electron chi connectivity index (χ4n) is 3.65. The molecule has 0 unspecified atom stereocenters. The minimum Gasteiger partial charge on any atom is -0.340 e. The molecule has 3 nitrogen and oxygen atoms in total. The highest BCUT2D eigenvalue weighted by Crippen LogP contribution is 2.29. The highest BCUT2D eigenvalue weighted by molar-refractivity contribution is 9.10. The van der Waals surface area contributed by atoms with E-state index in [0.717, 1.165) is 26.6 Å². The Balaban J connectivity index is 1.82. The summed E-state index contributed by atoms with van der Waals surface area (Å²) in [6, 6.07) is 27.4. The van der Waals surface area contributed by atoms with Crippen LogP contribution in [0.2, 0.25) is 0 Å². The molecule has 4 rings (SSSR count). The molecule has 0 radical (unpaired) electrons. The van der Waals surface area contributed by atoms with E-state index in [0.29, 0.717) is 12.1 Å². The van der Waals surface area contributed by atoms with Crippen LogP contribution in [-0.2, 0) is 6.54 Å². The number of nitrogens with zero attached hydrogens (tertiary/aromatic N) is 2. The molecule has 0 bridgehead atoms. The predicted molar refractivity (Wildman–Crippen MR) is 124 cm³/mol. The third-order valence-corrected chi connectivity index (χ3v) is 5.75. The Labute approximate surface area is 184 Å². The number of Topliss-reactive ketones (excluding diaryl/α,β-unsaturated/α-hetero) is 1. The predicted octanol–water partition coefficient (Wildman–Crippen LogP) is 6.55. The number of carbonyl (C=O) groups is 1. The summed E-state index contributed by atoms with van der Waals surface area (Å²) in [5.41, 5.74) is 4.83. The molecule has 30 heavy (non-hydrogen) atoms. The minimum atomic E-state index is -0.262. The van der Waals surface area contributed by atoms with Crippen LogP contribution in [0.4, 0.5) is 0 Å². The molecule has 0 aliphatic rings. The number of carbonyl (C=O) groups excluding carboxylic acids is 1. The van der Waals surface area contributed by atoms with E-state index >= 15 is 0 Å². The maximum Gasteiger partial charge on any atom is 0.203 e. The van der Waals surface area contributed by atoms with Crippen molar-refractivity contribution in [2.45, 2.75) is 13.5 Å². The van der Waals surface area contributed by atoms with E-state index in [9.17, 15) is 10.1 Å². The molecule has 0 spiro atoms. The average Bonchev–Trinajstić information content (AvgIpc) is 3.04. The van der Waals surface area contributed by atoms with Crippen LogP contribution in [0.3, 0.4) is 0 Å². The van der Waals surface area contributed by atoms with Gasteiger partial charge < -0.3 is 4.57 Å². The van der Waals surface area contributed by atoms with E-state index in [1.54, 1.807) is 30.3 Å². The Morgan fingerprint density at radius 1 is 1.00 bits per heavy atom. The molecule has 1 heterocycles. The molecular weight excluding hydrogens is 436 g/mol. The fourth-order valence-corrected chi connectivity index (χ4v) is 3.92. The summed E-state index contributed by atoms with van der Waals surface area (Å²) in [5.74, 6) is -0.262. The molecule has 0 aliphatic heterocycles. The van der Waals surface area contributed by atoms with Crippen molar-refractivity contribution in [3.05, 3.63) is 111 Å². The molecule has 1 aromatic heterocycles. The lowest BCUT2D eigenvalue weighted by molar-refractivity contribution is 0.104. The largest absolute Gasteiger partial charge is 0.340 e. The maximum absolute atomic E-state index is 12.9. The lowest BCUT2D eigenvalue weighted by Gasteiger charge is -2.09. The van der Waals surface area contributed by atoms with Gasteiger partial charge in [0.15, 0.2) is 0 Å². The van der Waals surface area contributed by atoms with Gasteiger partial charge in [0.05, 0.1) is 0 Å². The van der Waals surface area contributed by atoms with Crippen molar-refractivity contribution in [1.82, 2.24) is 4.57 Å². The van der Waals surface area contributed by atoms with Crippen molar-refractivity contribution in [3.8, 4) is 6.07 Å². The average molecular weight is 455 g/mol. The van der Waals surface area contributed by atoms with Gasteiger partial charge in [-0.05, 0) is 36.8 Å². The second-order valence-electron chi connectivity index (χ2n) is 7.09. The fraction of sp³-hybridized carbons (Fsp3) is 0.0769. The Morgan fingerprint density at radius 2 is 1.67 bits per heavy atom. The van der Waals surface area contributed by atoms with Crippen molar-refractivity contribution >= 4 is 38.7 Å². The molecule has 146 valence electrons. The summed E-state index contributed by atoms with van der Waals surface area (Å²) >= 11 is 3.48. The first-order valence-electron chi connectivity index (χ1n) is 9.62. The highest BCUT2D eigenvalue weighted by atomic mass is 79.9. The van der Waals surface area contributed by atoms with Crippen LogP contribution in [0.1, 0.15) is 27.2 Å². The SMILES string of the molecule is Cc1c(/C=C(\C#N)C(=O)c2ccccc2)c2ccccc2n1Cc1ccc(Br)cc1. The number of ketones is 1. The zero-order valence-electron chi connectivity index (χ0n) is 16.5. The third kappa shape index (κ3) is 3.85. The van der Waals surface area contributed by atoms with Crippen LogP contribution < -0.4 is 0 Å².